The molecule has 1 aromatic carbocycles. The van der Waals surface area contributed by atoms with Crippen LogP contribution in [0.25, 0.3) is 28.1 Å². The van der Waals surface area contributed by atoms with Gasteiger partial charge < -0.3 is 18.9 Å². The van der Waals surface area contributed by atoms with E-state index < -0.39 is 0 Å². The summed E-state index contributed by atoms with van der Waals surface area (Å²) in [6, 6.07) is 8.62. The molecule has 206 valence electrons. The molecule has 3 aromatic heterocycles. The van der Waals surface area contributed by atoms with Crippen molar-refractivity contribution >= 4 is 50.6 Å². The molecule has 0 N–H and O–H groups in total. The lowest BCUT2D eigenvalue weighted by molar-refractivity contribution is -0.0554. The number of aryl methyl sites for hydroxylation is 2. The Morgan fingerprint density at radius 2 is 1.79 bits per heavy atom. The summed E-state index contributed by atoms with van der Waals surface area (Å²) in [5, 5.41) is 0. The van der Waals surface area contributed by atoms with Crippen LogP contribution in [0.1, 0.15) is 18.6 Å². The second-order valence-corrected chi connectivity index (χ2v) is 11.7. The molecule has 39 heavy (non-hydrogen) atoms. The lowest BCUT2D eigenvalue weighted by atomic mass is 10.1. The number of piperazine rings is 1. The van der Waals surface area contributed by atoms with E-state index in [0.717, 1.165) is 98.5 Å². The molecule has 3 saturated heterocycles. The third-order valence-corrected chi connectivity index (χ3v) is 9.37. The number of halogens is 1. The van der Waals surface area contributed by atoms with Crippen LogP contribution in [0.15, 0.2) is 24.3 Å². The molecule has 12 heteroatoms. The number of benzene rings is 1. The van der Waals surface area contributed by atoms with Crippen molar-refractivity contribution in [3.8, 4) is 5.95 Å². The maximum Gasteiger partial charge on any atom is 0.239 e. The maximum absolute atomic E-state index is 5.95. The minimum atomic E-state index is 0.221. The zero-order valence-electron chi connectivity index (χ0n) is 22.5. The predicted octanol–water partition coefficient (Wildman–Crippen LogP) is 2.38. The van der Waals surface area contributed by atoms with E-state index in [1.807, 2.05) is 18.2 Å². The van der Waals surface area contributed by atoms with Gasteiger partial charge in [-0.2, -0.15) is 9.97 Å². The zero-order valence-corrected chi connectivity index (χ0v) is 24.6. The number of hydrogen-bond donors (Lipinski definition) is 0. The molecule has 2 atom stereocenters. The molecule has 3 aliphatic rings. The fourth-order valence-electron chi connectivity index (χ4n) is 6.02. The van der Waals surface area contributed by atoms with Crippen LogP contribution in [0.2, 0.25) is 0 Å². The van der Waals surface area contributed by atoms with E-state index >= 15 is 0 Å². The highest BCUT2D eigenvalue weighted by Crippen LogP contribution is 2.30. The van der Waals surface area contributed by atoms with E-state index in [2.05, 4.69) is 66.5 Å². The van der Waals surface area contributed by atoms with E-state index in [-0.39, 0.29) is 4.11 Å². The molecule has 0 saturated carbocycles. The van der Waals surface area contributed by atoms with E-state index in [0.29, 0.717) is 25.2 Å². The summed E-state index contributed by atoms with van der Waals surface area (Å²) in [7, 11) is 2.08. The Balaban J connectivity index is 1.31. The molecular formula is C27H34IN9O2. The first-order valence-electron chi connectivity index (χ1n) is 13.9. The molecule has 7 rings (SSSR count). The van der Waals surface area contributed by atoms with Gasteiger partial charge in [0.1, 0.15) is 15.8 Å². The summed E-state index contributed by atoms with van der Waals surface area (Å²) in [5.41, 5.74) is 3.68. The quantitative estimate of drug-likeness (QED) is 0.240. The minimum Gasteiger partial charge on any atom is -0.378 e. The number of anilines is 1. The molecule has 3 aliphatic heterocycles. The first kappa shape index (κ1) is 25.6. The summed E-state index contributed by atoms with van der Waals surface area (Å²) in [6.45, 7) is 10.7. The number of hydrogen-bond acceptors (Lipinski definition) is 9. The average molecular weight is 644 g/mol. The largest absolute Gasteiger partial charge is 0.378 e. The highest BCUT2D eigenvalue weighted by atomic mass is 127. The SMILES string of the molecule is CCc1nc2ccccc2n1-c1nc(N2CCOCC2)c2nc(CN3CCN4CCOC(I)C4C3)n(C)c2n1. The van der Waals surface area contributed by atoms with E-state index in [9.17, 15) is 0 Å². The number of para-hydroxylation sites is 2. The van der Waals surface area contributed by atoms with Crippen molar-refractivity contribution in [3.05, 3.63) is 35.9 Å². The van der Waals surface area contributed by atoms with Crippen LogP contribution in [0.3, 0.4) is 0 Å². The van der Waals surface area contributed by atoms with Crippen LogP contribution in [0.4, 0.5) is 5.82 Å². The van der Waals surface area contributed by atoms with Crippen LogP contribution < -0.4 is 4.90 Å². The first-order chi connectivity index (χ1) is 19.1. The van der Waals surface area contributed by atoms with Gasteiger partial charge >= 0.3 is 0 Å². The fourth-order valence-corrected chi connectivity index (χ4v) is 6.96. The van der Waals surface area contributed by atoms with Crippen LogP contribution >= 0.6 is 22.6 Å². The zero-order chi connectivity index (χ0) is 26.5. The van der Waals surface area contributed by atoms with Crippen molar-refractivity contribution in [1.82, 2.24) is 38.9 Å². The molecule has 11 nitrogen and oxygen atoms in total. The van der Waals surface area contributed by atoms with Crippen LogP contribution in [-0.4, -0.2) is 108 Å². The number of imidazole rings is 2. The Morgan fingerprint density at radius 3 is 2.64 bits per heavy atom. The molecule has 4 aromatic rings. The number of rotatable bonds is 5. The minimum absolute atomic E-state index is 0.221. The molecular weight excluding hydrogens is 609 g/mol. The van der Waals surface area contributed by atoms with Crippen LogP contribution in [0, 0.1) is 0 Å². The number of nitrogens with zero attached hydrogens (tertiary/aromatic N) is 9. The average Bonchev–Trinajstić information content (AvgIpc) is 3.50. The number of aromatic nitrogens is 6. The third kappa shape index (κ3) is 4.59. The summed E-state index contributed by atoms with van der Waals surface area (Å²) >= 11 is 2.45. The second-order valence-electron chi connectivity index (χ2n) is 10.5. The Hall–Kier alpha value is -2.39. The normalized spacial score (nSPS) is 23.1. The Labute approximate surface area is 241 Å². The van der Waals surface area contributed by atoms with Crippen molar-refractivity contribution in [2.24, 2.45) is 7.05 Å². The predicted molar refractivity (Wildman–Crippen MR) is 158 cm³/mol. The molecule has 2 unspecified atom stereocenters. The molecule has 6 heterocycles. The third-order valence-electron chi connectivity index (χ3n) is 8.18. The van der Waals surface area contributed by atoms with Crippen molar-refractivity contribution in [3.63, 3.8) is 0 Å². The Kier molecular flexibility index (Phi) is 6.91. The van der Waals surface area contributed by atoms with E-state index in [4.69, 9.17) is 29.4 Å². The smallest absolute Gasteiger partial charge is 0.239 e. The van der Waals surface area contributed by atoms with Gasteiger partial charge in [-0.1, -0.05) is 19.1 Å². The highest BCUT2D eigenvalue weighted by molar-refractivity contribution is 14.1. The van der Waals surface area contributed by atoms with E-state index in [1.165, 1.54) is 0 Å². The monoisotopic (exact) mass is 643 g/mol. The molecule has 0 bridgehead atoms. The van der Waals surface area contributed by atoms with Gasteiger partial charge in [0.15, 0.2) is 17.0 Å². The molecule has 0 amide bonds. The summed E-state index contributed by atoms with van der Waals surface area (Å²) in [5.74, 6) is 3.47. The Morgan fingerprint density at radius 1 is 0.949 bits per heavy atom. The van der Waals surface area contributed by atoms with E-state index in [1.54, 1.807) is 0 Å². The van der Waals surface area contributed by atoms with Crippen LogP contribution in [-0.2, 0) is 29.5 Å². The molecule has 0 aliphatic carbocycles. The van der Waals surface area contributed by atoms with Gasteiger partial charge in [-0.3, -0.25) is 14.4 Å². The Bertz CT molecular complexity index is 1500. The van der Waals surface area contributed by atoms with Gasteiger partial charge in [0.2, 0.25) is 5.95 Å². The van der Waals surface area contributed by atoms with Crippen molar-refractivity contribution in [2.45, 2.75) is 30.0 Å². The lowest BCUT2D eigenvalue weighted by Gasteiger charge is -2.45. The van der Waals surface area contributed by atoms with Crippen LogP contribution in [0.5, 0.6) is 0 Å². The topological polar surface area (TPSA) is 89.6 Å². The van der Waals surface area contributed by atoms with Gasteiger partial charge in [0.05, 0.1) is 43.4 Å². The second kappa shape index (κ2) is 10.5. The summed E-state index contributed by atoms with van der Waals surface area (Å²) in [6.07, 6.45) is 0.786. The van der Waals surface area contributed by atoms with Gasteiger partial charge in [0, 0.05) is 52.7 Å². The molecule has 3 fully saturated rings. The number of fused-ring (bicyclic) bond motifs is 3. The van der Waals surface area contributed by atoms with Gasteiger partial charge in [-0.25, -0.2) is 9.97 Å². The van der Waals surface area contributed by atoms with Crippen molar-refractivity contribution in [1.29, 1.82) is 0 Å². The fraction of sp³-hybridized carbons (Fsp3) is 0.556. The van der Waals surface area contributed by atoms with Gasteiger partial charge in [-0.15, -0.1) is 0 Å². The van der Waals surface area contributed by atoms with Gasteiger partial charge in [-0.05, 0) is 34.7 Å². The maximum atomic E-state index is 5.95. The first-order valence-corrected chi connectivity index (χ1v) is 15.1. The standard InChI is InChI=1S/C27H34IN9O2/c1-3-21-29-18-6-4-5-7-19(18)37(21)27-31-25-23(26(32-27)36-10-13-38-14-11-36)30-22(33(25)2)17-34-8-9-35-12-15-39-24(28)20(35)16-34/h4-7,20,24H,3,8-17H2,1-2H3. The lowest BCUT2D eigenvalue weighted by Crippen LogP contribution is -2.60. The number of morpholine rings is 2. The van der Waals surface area contributed by atoms with Crippen molar-refractivity contribution < 1.29 is 9.47 Å². The number of alkyl halides is 1. The van der Waals surface area contributed by atoms with Gasteiger partial charge in [0.25, 0.3) is 0 Å². The summed E-state index contributed by atoms with van der Waals surface area (Å²) < 4.78 is 16.1. The molecule has 0 radical (unpaired) electrons. The van der Waals surface area contributed by atoms with Crippen molar-refractivity contribution in [2.75, 3.05) is 64.0 Å². The summed E-state index contributed by atoms with van der Waals surface area (Å²) in [4.78, 5) is 27.7. The number of ether oxygens (including phenoxy) is 2. The highest BCUT2D eigenvalue weighted by Gasteiger charge is 2.36. The molecule has 0 spiro atoms.